The first-order valence-electron chi connectivity index (χ1n) is 6.26. The summed E-state index contributed by atoms with van der Waals surface area (Å²) in [7, 11) is 0. The molecule has 4 nitrogen and oxygen atoms in total. The SMILES string of the molecule is [2H]c1c(Oc2c(Cl)cc(N)cc2Br)nnc(Cl)c1C([2H])[2H]. The van der Waals surface area contributed by atoms with Crippen LogP contribution in [0.25, 0.3) is 0 Å². The van der Waals surface area contributed by atoms with Crippen LogP contribution in [0.15, 0.2) is 22.6 Å². The van der Waals surface area contributed by atoms with Crippen LogP contribution >= 0.6 is 39.1 Å². The van der Waals surface area contributed by atoms with Crippen LogP contribution in [0.4, 0.5) is 5.69 Å². The summed E-state index contributed by atoms with van der Waals surface area (Å²) in [5, 5.41) is 7.27. The molecular weight excluding hydrogens is 341 g/mol. The molecule has 94 valence electrons. The molecule has 0 fully saturated rings. The summed E-state index contributed by atoms with van der Waals surface area (Å²) >= 11 is 15.0. The molecule has 7 heteroatoms. The number of nitrogen functional groups attached to an aromatic ring is 1. The van der Waals surface area contributed by atoms with Gasteiger partial charge in [0.2, 0.25) is 5.88 Å². The van der Waals surface area contributed by atoms with Crippen molar-refractivity contribution < 1.29 is 8.85 Å². The highest BCUT2D eigenvalue weighted by atomic mass is 79.9. The zero-order valence-corrected chi connectivity index (χ0v) is 11.8. The van der Waals surface area contributed by atoms with Crippen LogP contribution in [0, 0.1) is 6.88 Å². The third-order valence-electron chi connectivity index (χ3n) is 1.91. The van der Waals surface area contributed by atoms with Gasteiger partial charge < -0.3 is 10.5 Å². The molecule has 2 N–H and O–H groups in total. The minimum Gasteiger partial charge on any atom is -0.435 e. The van der Waals surface area contributed by atoms with E-state index in [1.807, 2.05) is 0 Å². The van der Waals surface area contributed by atoms with E-state index in [9.17, 15) is 0 Å². The van der Waals surface area contributed by atoms with Crippen molar-refractivity contribution in [1.82, 2.24) is 10.2 Å². The number of anilines is 1. The van der Waals surface area contributed by atoms with Crippen LogP contribution in [0.2, 0.25) is 10.2 Å². The molecule has 0 saturated carbocycles. The lowest BCUT2D eigenvalue weighted by Crippen LogP contribution is -1.95. The zero-order valence-electron chi connectivity index (χ0n) is 11.7. The van der Waals surface area contributed by atoms with Gasteiger partial charge in [-0.15, -0.1) is 10.2 Å². The highest BCUT2D eigenvalue weighted by molar-refractivity contribution is 9.10. The maximum atomic E-state index is 7.92. The van der Waals surface area contributed by atoms with E-state index < -0.39 is 6.88 Å². The van der Waals surface area contributed by atoms with Crippen LogP contribution in [-0.4, -0.2) is 10.2 Å². The van der Waals surface area contributed by atoms with E-state index in [1.54, 1.807) is 6.07 Å². The molecule has 0 aliphatic carbocycles. The minimum atomic E-state index is -1.48. The number of hydrogen-bond acceptors (Lipinski definition) is 4. The summed E-state index contributed by atoms with van der Waals surface area (Å²) in [5.74, 6) is -0.000258. The van der Waals surface area contributed by atoms with Gasteiger partial charge in [0.25, 0.3) is 0 Å². The largest absolute Gasteiger partial charge is 0.435 e. The number of rotatable bonds is 2. The predicted molar refractivity (Wildman–Crippen MR) is 75.4 cm³/mol. The summed E-state index contributed by atoms with van der Waals surface area (Å²) in [6.07, 6.45) is 0. The monoisotopic (exact) mass is 350 g/mol. The molecule has 2 rings (SSSR count). The van der Waals surface area contributed by atoms with E-state index in [4.69, 9.17) is 37.8 Å². The molecule has 0 radical (unpaired) electrons. The Labute approximate surface area is 126 Å². The fourth-order valence-electron chi connectivity index (χ4n) is 1.15. The van der Waals surface area contributed by atoms with Crippen LogP contribution in [-0.2, 0) is 0 Å². The van der Waals surface area contributed by atoms with Crippen molar-refractivity contribution in [2.45, 2.75) is 6.88 Å². The molecule has 0 spiro atoms. The van der Waals surface area contributed by atoms with Gasteiger partial charge in [-0.25, -0.2) is 0 Å². The number of hydrogen-bond donors (Lipinski definition) is 1. The van der Waals surface area contributed by atoms with E-state index in [2.05, 4.69) is 26.1 Å². The van der Waals surface area contributed by atoms with Crippen LogP contribution in [0.3, 0.4) is 0 Å². The van der Waals surface area contributed by atoms with Crippen LogP contribution in [0.1, 0.15) is 9.68 Å². The van der Waals surface area contributed by atoms with Crippen molar-refractivity contribution in [2.24, 2.45) is 0 Å². The molecule has 0 aliphatic heterocycles. The Balaban J connectivity index is 2.48. The van der Waals surface area contributed by atoms with Crippen molar-refractivity contribution in [1.29, 1.82) is 0 Å². The van der Waals surface area contributed by atoms with Crippen molar-refractivity contribution in [3.05, 3.63) is 38.4 Å². The van der Waals surface area contributed by atoms with Gasteiger partial charge in [0.05, 0.1) is 10.9 Å². The Hall–Kier alpha value is -1.04. The standard InChI is InChI=1S/C11H8BrCl2N3O/c1-5-2-9(16-17-11(5)14)18-10-7(12)3-6(15)4-8(10)13/h2-4H,15H2,1H3/i1D2,2D. The number of nitrogens with two attached hydrogens (primary N) is 1. The maximum absolute atomic E-state index is 7.92. The summed E-state index contributed by atoms with van der Waals surface area (Å²) in [5.41, 5.74) is 5.98. The Kier molecular flexibility index (Phi) is 2.90. The van der Waals surface area contributed by atoms with E-state index in [-0.39, 0.29) is 33.4 Å². The van der Waals surface area contributed by atoms with Gasteiger partial charge >= 0.3 is 0 Å². The first kappa shape index (κ1) is 9.83. The predicted octanol–water partition coefficient (Wildman–Crippen LogP) is 4.23. The Morgan fingerprint density at radius 2 is 2.22 bits per heavy atom. The lowest BCUT2D eigenvalue weighted by Gasteiger charge is -2.09. The molecule has 1 heterocycles. The Morgan fingerprint density at radius 1 is 1.44 bits per heavy atom. The van der Waals surface area contributed by atoms with Crippen molar-refractivity contribution in [3.63, 3.8) is 0 Å². The van der Waals surface area contributed by atoms with E-state index in [0.717, 1.165) is 0 Å². The normalized spacial score (nSPS) is 13.0. The molecule has 0 aliphatic rings. The zero-order chi connectivity index (χ0) is 15.7. The van der Waals surface area contributed by atoms with Crippen LogP contribution < -0.4 is 10.5 Å². The first-order chi connectivity index (χ1) is 9.81. The minimum absolute atomic E-state index is 0.0932. The van der Waals surface area contributed by atoms with Gasteiger partial charge in [0.15, 0.2) is 10.9 Å². The second-order valence-electron chi connectivity index (χ2n) is 3.25. The molecule has 0 bridgehead atoms. The highest BCUT2D eigenvalue weighted by Crippen LogP contribution is 2.37. The van der Waals surface area contributed by atoms with Gasteiger partial charge in [-0.1, -0.05) is 23.2 Å². The summed E-state index contributed by atoms with van der Waals surface area (Å²) < 4.78 is 28.6. The molecule has 1 aromatic carbocycles. The summed E-state index contributed by atoms with van der Waals surface area (Å²) in [6, 6.07) is 2.77. The average Bonchev–Trinajstić information content (AvgIpc) is 2.35. The Morgan fingerprint density at radius 3 is 2.89 bits per heavy atom. The highest BCUT2D eigenvalue weighted by Gasteiger charge is 2.11. The number of ether oxygens (including phenoxy) is 1. The van der Waals surface area contributed by atoms with Gasteiger partial charge in [-0.3, -0.25) is 0 Å². The maximum Gasteiger partial charge on any atom is 0.239 e. The second-order valence-corrected chi connectivity index (χ2v) is 4.87. The van der Waals surface area contributed by atoms with Gasteiger partial charge in [0, 0.05) is 14.5 Å². The third-order valence-corrected chi connectivity index (χ3v) is 3.06. The van der Waals surface area contributed by atoms with Gasteiger partial charge in [-0.05, 0) is 40.5 Å². The molecule has 0 saturated heterocycles. The molecule has 0 atom stereocenters. The van der Waals surface area contributed by atoms with E-state index in [0.29, 0.717) is 10.2 Å². The number of nitrogens with zero attached hydrogens (tertiary/aromatic N) is 2. The lowest BCUT2D eigenvalue weighted by molar-refractivity contribution is 0.452. The van der Waals surface area contributed by atoms with Crippen molar-refractivity contribution >= 4 is 44.8 Å². The number of halogens is 3. The molecule has 1 aromatic heterocycles. The average molecular weight is 352 g/mol. The molecule has 2 aromatic rings. The summed E-state index contributed by atoms with van der Waals surface area (Å²) in [4.78, 5) is 0. The van der Waals surface area contributed by atoms with Gasteiger partial charge in [-0.2, -0.15) is 0 Å². The summed E-state index contributed by atoms with van der Waals surface area (Å²) in [6.45, 7) is -1.48. The number of benzene rings is 1. The smallest absolute Gasteiger partial charge is 0.239 e. The molecular formula is C11H8BrCl2N3O. The molecule has 0 unspecified atom stereocenters. The second kappa shape index (κ2) is 5.30. The van der Waals surface area contributed by atoms with Crippen molar-refractivity contribution in [3.8, 4) is 11.6 Å². The fraction of sp³-hybridized carbons (Fsp3) is 0.0909. The number of aromatic nitrogens is 2. The molecule has 18 heavy (non-hydrogen) atoms. The first-order valence-corrected chi connectivity index (χ1v) is 6.15. The fourth-order valence-corrected chi connectivity index (χ4v) is 2.18. The Bertz CT molecular complexity index is 680. The lowest BCUT2D eigenvalue weighted by atomic mass is 10.3. The van der Waals surface area contributed by atoms with Crippen LogP contribution in [0.5, 0.6) is 11.6 Å². The quantitative estimate of drug-likeness (QED) is 0.822. The third kappa shape index (κ3) is 2.85. The van der Waals surface area contributed by atoms with E-state index in [1.165, 1.54) is 6.07 Å². The molecule has 0 amide bonds. The van der Waals surface area contributed by atoms with Crippen molar-refractivity contribution in [2.75, 3.05) is 5.73 Å². The van der Waals surface area contributed by atoms with Gasteiger partial charge in [0.1, 0.15) is 0 Å². The topological polar surface area (TPSA) is 61.0 Å². The van der Waals surface area contributed by atoms with E-state index >= 15 is 0 Å².